The number of benzene rings is 5. The quantitative estimate of drug-likeness (QED) is 0.223. The second kappa shape index (κ2) is 10.5. The Morgan fingerprint density at radius 3 is 0.946 bits per heavy atom. The molecule has 0 unspecified atom stereocenters. The zero-order valence-corrected chi connectivity index (χ0v) is 19.7. The first-order valence-corrected chi connectivity index (χ1v) is 11.7. The molecule has 0 aliphatic rings. The molecule has 5 aromatic rings. The predicted molar refractivity (Wildman–Crippen MR) is 142 cm³/mol. The number of nitrogens with zero attached hydrogens (tertiary/aromatic N) is 2. The zero-order valence-electron chi connectivity index (χ0n) is 19.7. The summed E-state index contributed by atoms with van der Waals surface area (Å²) in [6, 6.07) is 43.8. The monoisotopic (exact) mass is 496 g/mol. The Balaban J connectivity index is 1.52. The van der Waals surface area contributed by atoms with E-state index in [9.17, 15) is 13.2 Å². The molecule has 0 radical (unpaired) electrons. The van der Waals surface area contributed by atoms with E-state index in [0.29, 0.717) is 5.69 Å². The van der Waals surface area contributed by atoms with Gasteiger partial charge in [-0.1, -0.05) is 54.6 Å². The number of ether oxygens (including phenoxy) is 1. The molecule has 6 heteroatoms. The van der Waals surface area contributed by atoms with Gasteiger partial charge in [0, 0.05) is 34.1 Å². The Kier molecular flexibility index (Phi) is 6.81. The van der Waals surface area contributed by atoms with Crippen LogP contribution in [0.1, 0.15) is 0 Å². The fourth-order valence-electron chi connectivity index (χ4n) is 4.17. The van der Waals surface area contributed by atoms with Gasteiger partial charge in [-0.2, -0.15) is 0 Å². The first kappa shape index (κ1) is 24.0. The van der Waals surface area contributed by atoms with Gasteiger partial charge in [0.15, 0.2) is 0 Å². The highest BCUT2D eigenvalue weighted by Crippen LogP contribution is 2.39. The van der Waals surface area contributed by atoms with Gasteiger partial charge in [0.1, 0.15) is 5.75 Å². The van der Waals surface area contributed by atoms with Gasteiger partial charge in [-0.15, -0.1) is 13.2 Å². The van der Waals surface area contributed by atoms with Gasteiger partial charge >= 0.3 is 6.36 Å². The lowest BCUT2D eigenvalue weighted by molar-refractivity contribution is -0.274. The van der Waals surface area contributed by atoms with E-state index >= 15 is 0 Å². The van der Waals surface area contributed by atoms with Crippen LogP contribution in [-0.4, -0.2) is 6.36 Å². The third kappa shape index (κ3) is 5.76. The molecule has 184 valence electrons. The van der Waals surface area contributed by atoms with Crippen LogP contribution >= 0.6 is 0 Å². The number of rotatable bonds is 7. The lowest BCUT2D eigenvalue weighted by atomic mass is 10.1. The summed E-state index contributed by atoms with van der Waals surface area (Å²) in [6.45, 7) is 0. The van der Waals surface area contributed by atoms with Crippen molar-refractivity contribution in [1.29, 1.82) is 0 Å². The van der Waals surface area contributed by atoms with Crippen LogP contribution in [0, 0.1) is 0 Å². The lowest BCUT2D eigenvalue weighted by Crippen LogP contribution is -2.17. The molecular weight excluding hydrogens is 473 g/mol. The maximum absolute atomic E-state index is 12.6. The van der Waals surface area contributed by atoms with Crippen LogP contribution in [0.2, 0.25) is 0 Å². The van der Waals surface area contributed by atoms with E-state index in [1.165, 1.54) is 12.1 Å². The Morgan fingerprint density at radius 2 is 0.649 bits per heavy atom. The molecule has 0 atom stereocenters. The maximum atomic E-state index is 12.6. The van der Waals surface area contributed by atoms with E-state index in [4.69, 9.17) is 0 Å². The zero-order chi connectivity index (χ0) is 25.7. The molecule has 0 aliphatic carbocycles. The molecule has 0 heterocycles. The van der Waals surface area contributed by atoms with Crippen molar-refractivity contribution in [3.8, 4) is 5.75 Å². The second-order valence-electron chi connectivity index (χ2n) is 8.24. The molecule has 0 aliphatic heterocycles. The van der Waals surface area contributed by atoms with Crippen molar-refractivity contribution < 1.29 is 17.9 Å². The molecule has 5 rings (SSSR count). The van der Waals surface area contributed by atoms with Crippen LogP contribution in [0.5, 0.6) is 5.75 Å². The molecule has 0 N–H and O–H groups in total. The van der Waals surface area contributed by atoms with Crippen molar-refractivity contribution in [2.45, 2.75) is 6.36 Å². The number of halogens is 3. The predicted octanol–water partition coefficient (Wildman–Crippen LogP) is 9.52. The third-order valence-corrected chi connectivity index (χ3v) is 5.74. The first-order valence-electron chi connectivity index (χ1n) is 11.7. The van der Waals surface area contributed by atoms with E-state index in [-0.39, 0.29) is 5.75 Å². The fourth-order valence-corrected chi connectivity index (χ4v) is 4.17. The van der Waals surface area contributed by atoms with E-state index in [1.54, 1.807) is 12.1 Å². The average Bonchev–Trinajstić information content (AvgIpc) is 2.92. The van der Waals surface area contributed by atoms with Crippen molar-refractivity contribution in [3.05, 3.63) is 140 Å². The van der Waals surface area contributed by atoms with Crippen molar-refractivity contribution in [2.75, 3.05) is 9.80 Å². The summed E-state index contributed by atoms with van der Waals surface area (Å²) in [7, 11) is 0. The molecule has 37 heavy (non-hydrogen) atoms. The van der Waals surface area contributed by atoms with E-state index in [1.807, 2.05) is 95.9 Å². The van der Waals surface area contributed by atoms with E-state index < -0.39 is 6.36 Å². The highest BCUT2D eigenvalue weighted by Gasteiger charge is 2.31. The highest BCUT2D eigenvalue weighted by atomic mass is 19.4. The van der Waals surface area contributed by atoms with Gasteiger partial charge in [-0.3, -0.25) is 0 Å². The summed E-state index contributed by atoms with van der Waals surface area (Å²) in [5, 5.41) is 0. The second-order valence-corrected chi connectivity index (χ2v) is 8.24. The SMILES string of the molecule is FC(F)(F)Oc1ccc(N(c2ccccc2)c2ccc(N(c3ccccc3)c3ccccc3)cc2)cc1. The molecule has 5 aromatic carbocycles. The Hall–Kier alpha value is -4.71. The average molecular weight is 497 g/mol. The van der Waals surface area contributed by atoms with Crippen molar-refractivity contribution in [3.63, 3.8) is 0 Å². The third-order valence-electron chi connectivity index (χ3n) is 5.74. The minimum atomic E-state index is -4.74. The summed E-state index contributed by atoms with van der Waals surface area (Å²) in [4.78, 5) is 4.15. The number of hydrogen-bond acceptors (Lipinski definition) is 3. The van der Waals surface area contributed by atoms with Crippen LogP contribution in [0.4, 0.5) is 47.3 Å². The lowest BCUT2D eigenvalue weighted by Gasteiger charge is -2.28. The molecule has 0 fully saturated rings. The largest absolute Gasteiger partial charge is 0.573 e. The maximum Gasteiger partial charge on any atom is 0.573 e. The normalized spacial score (nSPS) is 11.1. The number of hydrogen-bond donors (Lipinski definition) is 0. The van der Waals surface area contributed by atoms with E-state index in [2.05, 4.69) is 33.9 Å². The van der Waals surface area contributed by atoms with Gasteiger partial charge in [0.25, 0.3) is 0 Å². The molecule has 0 aromatic heterocycles. The standard InChI is InChI=1S/C31H23F3N2O/c32-31(33,34)37-30-22-20-29(21-23-30)36(26-14-8-3-9-15-26)28-18-16-27(17-19-28)35(24-10-4-1-5-11-24)25-12-6-2-7-13-25/h1-23H. The van der Waals surface area contributed by atoms with Crippen LogP contribution in [0.3, 0.4) is 0 Å². The Labute approximate surface area is 213 Å². The van der Waals surface area contributed by atoms with Crippen molar-refractivity contribution in [2.24, 2.45) is 0 Å². The van der Waals surface area contributed by atoms with E-state index in [0.717, 1.165) is 28.4 Å². The fraction of sp³-hybridized carbons (Fsp3) is 0.0323. The molecule has 3 nitrogen and oxygen atoms in total. The molecular formula is C31H23F3N2O. The molecule has 0 saturated heterocycles. The van der Waals surface area contributed by atoms with Crippen LogP contribution in [0.25, 0.3) is 0 Å². The van der Waals surface area contributed by atoms with Gasteiger partial charge in [-0.25, -0.2) is 0 Å². The summed E-state index contributed by atoms with van der Waals surface area (Å²) in [5.41, 5.74) is 5.48. The van der Waals surface area contributed by atoms with Gasteiger partial charge in [0.05, 0.1) is 0 Å². The van der Waals surface area contributed by atoms with Crippen molar-refractivity contribution in [1.82, 2.24) is 0 Å². The Bertz CT molecular complexity index is 1370. The van der Waals surface area contributed by atoms with Gasteiger partial charge < -0.3 is 14.5 Å². The van der Waals surface area contributed by atoms with Crippen molar-refractivity contribution >= 4 is 34.1 Å². The molecule has 0 saturated carbocycles. The van der Waals surface area contributed by atoms with Crippen LogP contribution < -0.4 is 14.5 Å². The minimum Gasteiger partial charge on any atom is -0.406 e. The summed E-state index contributed by atoms with van der Waals surface area (Å²) < 4.78 is 42.0. The van der Waals surface area contributed by atoms with Gasteiger partial charge in [0.2, 0.25) is 0 Å². The molecule has 0 bridgehead atoms. The molecule has 0 amide bonds. The highest BCUT2D eigenvalue weighted by molar-refractivity contribution is 5.81. The summed E-state index contributed by atoms with van der Waals surface area (Å²) in [6.07, 6.45) is -4.74. The number of alkyl halides is 3. The first-order chi connectivity index (χ1) is 18.0. The topological polar surface area (TPSA) is 15.7 Å². The van der Waals surface area contributed by atoms with Crippen LogP contribution in [-0.2, 0) is 0 Å². The van der Waals surface area contributed by atoms with Crippen LogP contribution in [0.15, 0.2) is 140 Å². The Morgan fingerprint density at radius 1 is 0.378 bits per heavy atom. The summed E-state index contributed by atoms with van der Waals surface area (Å²) in [5.74, 6) is -0.263. The molecule has 0 spiro atoms. The number of anilines is 6. The van der Waals surface area contributed by atoms with Gasteiger partial charge in [-0.05, 0) is 84.9 Å². The smallest absolute Gasteiger partial charge is 0.406 e. The number of para-hydroxylation sites is 3. The minimum absolute atomic E-state index is 0.263. The summed E-state index contributed by atoms with van der Waals surface area (Å²) >= 11 is 0.